The molecule has 3 nitrogen and oxygen atoms in total. The molecule has 0 aliphatic heterocycles. The van der Waals surface area contributed by atoms with Crippen LogP contribution in [0.4, 0.5) is 0 Å². The smallest absolute Gasteiger partial charge is 0.248 e. The van der Waals surface area contributed by atoms with Crippen LogP contribution in [0.3, 0.4) is 0 Å². The first kappa shape index (κ1) is 16.0. The molecule has 2 N–H and O–H groups in total. The summed E-state index contributed by atoms with van der Waals surface area (Å²) >= 11 is 0. The molecule has 0 saturated carbocycles. The number of nitrogens with zero attached hydrogens (tertiary/aromatic N) is 1. The van der Waals surface area contributed by atoms with Crippen LogP contribution in [-0.2, 0) is 12.8 Å². The van der Waals surface area contributed by atoms with Gasteiger partial charge in [0.15, 0.2) is 0 Å². The van der Waals surface area contributed by atoms with Crippen molar-refractivity contribution >= 4 is 5.91 Å². The number of nitrogens with two attached hydrogens (primary N) is 1. The Morgan fingerprint density at radius 3 is 2.71 bits per heavy atom. The third-order valence-electron chi connectivity index (χ3n) is 4.52. The Bertz CT molecular complexity index is 484. The van der Waals surface area contributed by atoms with E-state index in [2.05, 4.69) is 24.8 Å². The molecule has 1 aliphatic rings. The van der Waals surface area contributed by atoms with Crippen molar-refractivity contribution in [2.45, 2.75) is 58.4 Å². The summed E-state index contributed by atoms with van der Waals surface area (Å²) in [7, 11) is 0. The fourth-order valence-corrected chi connectivity index (χ4v) is 3.33. The lowest BCUT2D eigenvalue weighted by Crippen LogP contribution is -2.40. The SMILES string of the molecule is CCCCN(CCC)C1CCc2ccc(C(N)=O)cc2C1. The summed E-state index contributed by atoms with van der Waals surface area (Å²) in [5.74, 6) is -0.323. The highest BCUT2D eigenvalue weighted by Gasteiger charge is 2.24. The van der Waals surface area contributed by atoms with E-state index in [1.165, 1.54) is 49.9 Å². The molecule has 0 spiro atoms. The molecule has 21 heavy (non-hydrogen) atoms. The molecular formula is C18H28N2O. The molecule has 0 fully saturated rings. The molecule has 1 amide bonds. The van der Waals surface area contributed by atoms with Crippen molar-refractivity contribution in [2.75, 3.05) is 13.1 Å². The second-order valence-corrected chi connectivity index (χ2v) is 6.13. The predicted molar refractivity (Wildman–Crippen MR) is 87.5 cm³/mol. The minimum Gasteiger partial charge on any atom is -0.366 e. The average molecular weight is 288 g/mol. The molecule has 0 aromatic heterocycles. The van der Waals surface area contributed by atoms with Gasteiger partial charge in [0.1, 0.15) is 0 Å². The zero-order valence-corrected chi connectivity index (χ0v) is 13.4. The number of rotatable bonds is 7. The maximum Gasteiger partial charge on any atom is 0.248 e. The van der Waals surface area contributed by atoms with Gasteiger partial charge in [-0.1, -0.05) is 26.3 Å². The Kier molecular flexibility index (Phi) is 5.80. The minimum atomic E-state index is -0.323. The van der Waals surface area contributed by atoms with Crippen LogP contribution in [-0.4, -0.2) is 29.9 Å². The van der Waals surface area contributed by atoms with E-state index in [1.54, 1.807) is 0 Å². The molecule has 0 radical (unpaired) electrons. The molecule has 1 atom stereocenters. The summed E-state index contributed by atoms with van der Waals surface area (Å²) in [4.78, 5) is 14.0. The van der Waals surface area contributed by atoms with E-state index in [4.69, 9.17) is 5.73 Å². The van der Waals surface area contributed by atoms with E-state index >= 15 is 0 Å². The summed E-state index contributed by atoms with van der Waals surface area (Å²) in [5.41, 5.74) is 8.76. The highest BCUT2D eigenvalue weighted by molar-refractivity contribution is 5.93. The summed E-state index contributed by atoms with van der Waals surface area (Å²) in [6.45, 7) is 6.87. The van der Waals surface area contributed by atoms with Crippen LogP contribution >= 0.6 is 0 Å². The molecule has 0 bridgehead atoms. The number of amides is 1. The Labute approximate surface area is 128 Å². The number of carbonyl (C=O) groups excluding carboxylic acids is 1. The minimum absolute atomic E-state index is 0.323. The number of primary amides is 1. The van der Waals surface area contributed by atoms with Gasteiger partial charge >= 0.3 is 0 Å². The highest BCUT2D eigenvalue weighted by atomic mass is 16.1. The molecule has 2 rings (SSSR count). The van der Waals surface area contributed by atoms with E-state index in [-0.39, 0.29) is 5.91 Å². The van der Waals surface area contributed by atoms with Gasteiger partial charge in [0, 0.05) is 11.6 Å². The van der Waals surface area contributed by atoms with Crippen LogP contribution in [0.15, 0.2) is 18.2 Å². The van der Waals surface area contributed by atoms with E-state index in [0.717, 1.165) is 12.8 Å². The fraction of sp³-hybridized carbons (Fsp3) is 0.611. The third kappa shape index (κ3) is 4.07. The lowest BCUT2D eigenvalue weighted by molar-refractivity contribution is 0.1000. The normalized spacial score (nSPS) is 17.8. The lowest BCUT2D eigenvalue weighted by Gasteiger charge is -2.35. The highest BCUT2D eigenvalue weighted by Crippen LogP contribution is 2.26. The first-order chi connectivity index (χ1) is 10.2. The molecule has 0 saturated heterocycles. The summed E-state index contributed by atoms with van der Waals surface area (Å²) in [6.07, 6.45) is 7.12. The van der Waals surface area contributed by atoms with Gasteiger partial charge in [-0.3, -0.25) is 4.79 Å². The summed E-state index contributed by atoms with van der Waals surface area (Å²) < 4.78 is 0. The quantitative estimate of drug-likeness (QED) is 0.837. The number of hydrogen-bond acceptors (Lipinski definition) is 2. The van der Waals surface area contributed by atoms with Crippen molar-refractivity contribution in [2.24, 2.45) is 5.73 Å². The van der Waals surface area contributed by atoms with Gasteiger partial charge in [-0.15, -0.1) is 0 Å². The van der Waals surface area contributed by atoms with Crippen molar-refractivity contribution in [3.05, 3.63) is 34.9 Å². The van der Waals surface area contributed by atoms with Gasteiger partial charge in [0.05, 0.1) is 0 Å². The first-order valence-corrected chi connectivity index (χ1v) is 8.31. The molecule has 1 aromatic rings. The van der Waals surface area contributed by atoms with Gasteiger partial charge < -0.3 is 10.6 Å². The second-order valence-electron chi connectivity index (χ2n) is 6.13. The van der Waals surface area contributed by atoms with Gasteiger partial charge in [0.25, 0.3) is 0 Å². The van der Waals surface area contributed by atoms with Gasteiger partial charge in [-0.2, -0.15) is 0 Å². The van der Waals surface area contributed by atoms with Gasteiger partial charge in [-0.05, 0) is 68.5 Å². The molecule has 1 unspecified atom stereocenters. The predicted octanol–water partition coefficient (Wildman–Crippen LogP) is 3.15. The summed E-state index contributed by atoms with van der Waals surface area (Å²) in [6, 6.07) is 6.57. The van der Waals surface area contributed by atoms with Gasteiger partial charge in [0.2, 0.25) is 5.91 Å². The molecule has 116 valence electrons. The van der Waals surface area contributed by atoms with E-state index < -0.39 is 0 Å². The van der Waals surface area contributed by atoms with Crippen LogP contribution in [0.25, 0.3) is 0 Å². The Hall–Kier alpha value is -1.35. The van der Waals surface area contributed by atoms with Gasteiger partial charge in [-0.25, -0.2) is 0 Å². The molecule has 3 heteroatoms. The number of benzene rings is 1. The van der Waals surface area contributed by atoms with Crippen LogP contribution in [0.1, 0.15) is 61.0 Å². The number of aryl methyl sites for hydroxylation is 1. The van der Waals surface area contributed by atoms with E-state index in [1.807, 2.05) is 12.1 Å². The van der Waals surface area contributed by atoms with Crippen LogP contribution < -0.4 is 5.73 Å². The molecule has 0 heterocycles. The number of hydrogen-bond donors (Lipinski definition) is 1. The topological polar surface area (TPSA) is 46.3 Å². The second kappa shape index (κ2) is 7.60. The first-order valence-electron chi connectivity index (χ1n) is 8.31. The maximum absolute atomic E-state index is 11.4. The van der Waals surface area contributed by atoms with E-state index in [9.17, 15) is 4.79 Å². The van der Waals surface area contributed by atoms with E-state index in [0.29, 0.717) is 11.6 Å². The number of carbonyl (C=O) groups is 1. The van der Waals surface area contributed by atoms with Crippen molar-refractivity contribution < 1.29 is 4.79 Å². The molecular weight excluding hydrogens is 260 g/mol. The van der Waals surface area contributed by atoms with Crippen molar-refractivity contribution in [3.8, 4) is 0 Å². The third-order valence-corrected chi connectivity index (χ3v) is 4.52. The lowest BCUT2D eigenvalue weighted by atomic mass is 9.86. The zero-order valence-electron chi connectivity index (χ0n) is 13.4. The molecule has 1 aliphatic carbocycles. The van der Waals surface area contributed by atoms with Crippen LogP contribution in [0.5, 0.6) is 0 Å². The Balaban J connectivity index is 2.11. The van der Waals surface area contributed by atoms with Crippen molar-refractivity contribution in [1.29, 1.82) is 0 Å². The summed E-state index contributed by atoms with van der Waals surface area (Å²) in [5, 5.41) is 0. The largest absolute Gasteiger partial charge is 0.366 e. The van der Waals surface area contributed by atoms with Crippen LogP contribution in [0.2, 0.25) is 0 Å². The van der Waals surface area contributed by atoms with Crippen molar-refractivity contribution in [1.82, 2.24) is 4.90 Å². The van der Waals surface area contributed by atoms with Crippen molar-refractivity contribution in [3.63, 3.8) is 0 Å². The Morgan fingerprint density at radius 1 is 1.24 bits per heavy atom. The number of unbranched alkanes of at least 4 members (excludes halogenated alkanes) is 1. The average Bonchev–Trinajstić information content (AvgIpc) is 2.50. The fourth-order valence-electron chi connectivity index (χ4n) is 3.33. The zero-order chi connectivity index (χ0) is 15.2. The van der Waals surface area contributed by atoms with Crippen LogP contribution in [0, 0.1) is 0 Å². The number of fused-ring (bicyclic) bond motifs is 1. The maximum atomic E-state index is 11.4. The Morgan fingerprint density at radius 2 is 2.05 bits per heavy atom. The molecule has 1 aromatic carbocycles. The standard InChI is InChI=1S/C18H28N2O/c1-3-5-11-20(10-4-2)17-9-8-14-6-7-15(18(19)21)12-16(14)13-17/h6-7,12,17H,3-5,8-11,13H2,1-2H3,(H2,19,21). The monoisotopic (exact) mass is 288 g/mol.